The Morgan fingerprint density at radius 1 is 1.45 bits per heavy atom. The lowest BCUT2D eigenvalue weighted by Gasteiger charge is -2.19. The molecule has 1 N–H and O–H groups in total. The lowest BCUT2D eigenvalue weighted by molar-refractivity contribution is -0.146. The Kier molecular flexibility index (Phi) is 5.76. The van der Waals surface area contributed by atoms with Gasteiger partial charge in [-0.2, -0.15) is 0 Å². The Morgan fingerprint density at radius 3 is 2.65 bits per heavy atom. The fraction of sp³-hybridized carbons (Fsp3) is 0.286. The van der Waals surface area contributed by atoms with Gasteiger partial charge in [-0.15, -0.1) is 0 Å². The molecule has 20 heavy (non-hydrogen) atoms. The van der Waals surface area contributed by atoms with Crippen LogP contribution in [0.4, 0.5) is 0 Å². The van der Waals surface area contributed by atoms with Crippen LogP contribution in [0.5, 0.6) is 5.75 Å². The summed E-state index contributed by atoms with van der Waals surface area (Å²) in [5, 5.41) is 8.86. The first-order chi connectivity index (χ1) is 9.36. The molecular formula is C14H16BrNO4. The summed E-state index contributed by atoms with van der Waals surface area (Å²) in [5.41, 5.74) is 0.728. The van der Waals surface area contributed by atoms with E-state index in [1.54, 1.807) is 19.3 Å². The van der Waals surface area contributed by atoms with Gasteiger partial charge in [-0.05, 0) is 31.2 Å². The minimum Gasteiger partial charge on any atom is -0.496 e. The molecule has 1 atom stereocenters. The number of methoxy groups -OCH3 is 1. The Balaban J connectivity index is 2.90. The van der Waals surface area contributed by atoms with Crippen molar-refractivity contribution in [3.8, 4) is 5.75 Å². The van der Waals surface area contributed by atoms with Crippen LogP contribution in [0.15, 0.2) is 28.7 Å². The van der Waals surface area contributed by atoms with E-state index in [0.29, 0.717) is 5.75 Å². The monoisotopic (exact) mass is 341 g/mol. The van der Waals surface area contributed by atoms with Crippen LogP contribution in [-0.4, -0.2) is 42.1 Å². The number of amides is 1. The van der Waals surface area contributed by atoms with Gasteiger partial charge in [0, 0.05) is 23.2 Å². The van der Waals surface area contributed by atoms with Crippen molar-refractivity contribution in [2.45, 2.75) is 13.0 Å². The van der Waals surface area contributed by atoms with E-state index in [1.807, 2.05) is 12.1 Å². The van der Waals surface area contributed by atoms with E-state index >= 15 is 0 Å². The number of carbonyl (C=O) groups is 2. The standard InChI is InChI=1S/C14H16BrNO4/c1-9(14(18)19)16(2)13(17)7-4-10-8-11(15)5-6-12(10)20-3/h4-9H,1-3H3,(H,18,19). The van der Waals surface area contributed by atoms with Gasteiger partial charge >= 0.3 is 5.97 Å². The van der Waals surface area contributed by atoms with E-state index < -0.39 is 12.0 Å². The molecule has 0 spiro atoms. The molecule has 0 saturated heterocycles. The highest BCUT2D eigenvalue weighted by atomic mass is 79.9. The number of carbonyl (C=O) groups excluding carboxylic acids is 1. The van der Waals surface area contributed by atoms with E-state index in [0.717, 1.165) is 14.9 Å². The second-order valence-electron chi connectivity index (χ2n) is 4.18. The highest BCUT2D eigenvalue weighted by molar-refractivity contribution is 9.10. The maximum Gasteiger partial charge on any atom is 0.326 e. The number of halogens is 1. The summed E-state index contributed by atoms with van der Waals surface area (Å²) in [6.45, 7) is 1.45. The molecular weight excluding hydrogens is 326 g/mol. The van der Waals surface area contributed by atoms with Gasteiger partial charge in [0.15, 0.2) is 0 Å². The average Bonchev–Trinajstić information content (AvgIpc) is 2.43. The maximum atomic E-state index is 11.9. The van der Waals surface area contributed by atoms with Crippen molar-refractivity contribution in [1.82, 2.24) is 4.90 Å². The summed E-state index contributed by atoms with van der Waals surface area (Å²) in [4.78, 5) is 23.8. The Bertz CT molecular complexity index is 542. The second-order valence-corrected chi connectivity index (χ2v) is 5.10. The van der Waals surface area contributed by atoms with Crippen molar-refractivity contribution in [1.29, 1.82) is 0 Å². The van der Waals surface area contributed by atoms with Gasteiger partial charge in [0.2, 0.25) is 5.91 Å². The van der Waals surface area contributed by atoms with Crippen LogP contribution >= 0.6 is 15.9 Å². The molecule has 1 unspecified atom stereocenters. The highest BCUT2D eigenvalue weighted by Gasteiger charge is 2.19. The van der Waals surface area contributed by atoms with Crippen molar-refractivity contribution < 1.29 is 19.4 Å². The zero-order chi connectivity index (χ0) is 15.3. The first-order valence-corrected chi connectivity index (χ1v) is 6.67. The maximum absolute atomic E-state index is 11.9. The lowest BCUT2D eigenvalue weighted by atomic mass is 10.2. The molecule has 1 aromatic rings. The number of hydrogen-bond donors (Lipinski definition) is 1. The predicted octanol–water partition coefficient (Wildman–Crippen LogP) is 2.40. The number of hydrogen-bond acceptors (Lipinski definition) is 3. The number of aliphatic carboxylic acids is 1. The number of likely N-dealkylation sites (N-methyl/N-ethyl adjacent to an activating group) is 1. The van der Waals surface area contributed by atoms with Crippen LogP contribution in [0.3, 0.4) is 0 Å². The predicted molar refractivity (Wildman–Crippen MR) is 79.6 cm³/mol. The van der Waals surface area contributed by atoms with E-state index in [4.69, 9.17) is 9.84 Å². The van der Waals surface area contributed by atoms with Gasteiger partial charge in [-0.3, -0.25) is 4.79 Å². The zero-order valence-corrected chi connectivity index (χ0v) is 13.0. The molecule has 0 aliphatic heterocycles. The molecule has 0 aliphatic carbocycles. The minimum absolute atomic E-state index is 0.387. The normalized spacial score (nSPS) is 12.2. The molecule has 1 amide bonds. The van der Waals surface area contributed by atoms with Gasteiger partial charge in [0.05, 0.1) is 7.11 Å². The molecule has 6 heteroatoms. The number of rotatable bonds is 5. The number of carboxylic acids is 1. The SMILES string of the molecule is COc1ccc(Br)cc1C=CC(=O)N(C)C(C)C(=O)O. The number of benzene rings is 1. The molecule has 0 aromatic heterocycles. The quantitative estimate of drug-likeness (QED) is 0.835. The van der Waals surface area contributed by atoms with Crippen molar-refractivity contribution >= 4 is 33.9 Å². The van der Waals surface area contributed by atoms with Crippen LogP contribution < -0.4 is 4.74 Å². The highest BCUT2D eigenvalue weighted by Crippen LogP contribution is 2.24. The number of ether oxygens (including phenoxy) is 1. The number of nitrogens with zero attached hydrogens (tertiary/aromatic N) is 1. The molecule has 1 aromatic carbocycles. The van der Waals surface area contributed by atoms with Crippen LogP contribution in [0, 0.1) is 0 Å². The zero-order valence-electron chi connectivity index (χ0n) is 11.5. The minimum atomic E-state index is -1.05. The Hall–Kier alpha value is -1.82. The van der Waals surface area contributed by atoms with Gasteiger partial charge in [0.25, 0.3) is 0 Å². The molecule has 5 nitrogen and oxygen atoms in total. The van der Waals surface area contributed by atoms with Crippen LogP contribution in [0.2, 0.25) is 0 Å². The van der Waals surface area contributed by atoms with E-state index in [9.17, 15) is 9.59 Å². The fourth-order valence-corrected chi connectivity index (χ4v) is 1.85. The van der Waals surface area contributed by atoms with Gasteiger partial charge < -0.3 is 14.7 Å². The summed E-state index contributed by atoms with van der Waals surface area (Å²) >= 11 is 3.34. The van der Waals surface area contributed by atoms with Crippen molar-refractivity contribution in [2.24, 2.45) is 0 Å². The number of carboxylic acid groups (broad SMARTS) is 1. The smallest absolute Gasteiger partial charge is 0.326 e. The molecule has 0 saturated carbocycles. The third-order valence-electron chi connectivity index (χ3n) is 2.88. The molecule has 0 bridgehead atoms. The van der Waals surface area contributed by atoms with E-state index in [-0.39, 0.29) is 5.91 Å². The van der Waals surface area contributed by atoms with Crippen molar-refractivity contribution in [2.75, 3.05) is 14.2 Å². The third kappa shape index (κ3) is 4.09. The van der Waals surface area contributed by atoms with Crippen molar-refractivity contribution in [3.05, 3.63) is 34.3 Å². The van der Waals surface area contributed by atoms with E-state index in [1.165, 1.54) is 20.0 Å². The fourth-order valence-electron chi connectivity index (χ4n) is 1.47. The molecule has 108 valence electrons. The summed E-state index contributed by atoms with van der Waals surface area (Å²) < 4.78 is 6.05. The Labute approximate surface area is 126 Å². The first-order valence-electron chi connectivity index (χ1n) is 5.88. The summed E-state index contributed by atoms with van der Waals surface area (Å²) in [7, 11) is 2.99. The summed E-state index contributed by atoms with van der Waals surface area (Å²) in [6.07, 6.45) is 2.92. The lowest BCUT2D eigenvalue weighted by Crippen LogP contribution is -2.39. The van der Waals surface area contributed by atoms with Crippen molar-refractivity contribution in [3.63, 3.8) is 0 Å². The largest absolute Gasteiger partial charge is 0.496 e. The topological polar surface area (TPSA) is 66.8 Å². The molecule has 0 aliphatic rings. The van der Waals surface area contributed by atoms with Gasteiger partial charge in [-0.1, -0.05) is 15.9 Å². The molecule has 1 rings (SSSR count). The molecule has 0 radical (unpaired) electrons. The Morgan fingerprint density at radius 2 is 2.10 bits per heavy atom. The average molecular weight is 342 g/mol. The molecule has 0 heterocycles. The van der Waals surface area contributed by atoms with Gasteiger partial charge in [0.1, 0.15) is 11.8 Å². The van der Waals surface area contributed by atoms with Gasteiger partial charge in [-0.25, -0.2) is 4.79 Å². The summed E-state index contributed by atoms with van der Waals surface area (Å²) in [5.74, 6) is -0.803. The molecule has 0 fully saturated rings. The first kappa shape index (κ1) is 16.2. The second kappa shape index (κ2) is 7.09. The van der Waals surface area contributed by atoms with Crippen LogP contribution in [0.25, 0.3) is 6.08 Å². The van der Waals surface area contributed by atoms with Crippen LogP contribution in [-0.2, 0) is 9.59 Å². The van der Waals surface area contributed by atoms with E-state index in [2.05, 4.69) is 15.9 Å². The van der Waals surface area contributed by atoms with Crippen LogP contribution in [0.1, 0.15) is 12.5 Å². The third-order valence-corrected chi connectivity index (χ3v) is 3.38. The summed E-state index contributed by atoms with van der Waals surface area (Å²) in [6, 6.07) is 4.54.